The molecular weight excluding hydrogens is 258 g/mol. The van der Waals surface area contributed by atoms with Gasteiger partial charge >= 0.3 is 0 Å². The van der Waals surface area contributed by atoms with Crippen molar-refractivity contribution in [3.63, 3.8) is 0 Å². The molecule has 1 aromatic heterocycles. The summed E-state index contributed by atoms with van der Waals surface area (Å²) in [5.41, 5.74) is 0.877. The lowest BCUT2D eigenvalue weighted by Crippen LogP contribution is -2.19. The number of hydrogen-bond acceptors (Lipinski definition) is 6. The van der Waals surface area contributed by atoms with Gasteiger partial charge in [0.25, 0.3) is 0 Å². The largest absolute Gasteiger partial charge is 0.497 e. The molecule has 1 fully saturated rings. The molecule has 1 saturated heterocycles. The van der Waals surface area contributed by atoms with E-state index >= 15 is 0 Å². The van der Waals surface area contributed by atoms with Crippen molar-refractivity contribution in [3.05, 3.63) is 30.2 Å². The molecule has 106 valence electrons. The van der Waals surface area contributed by atoms with Crippen molar-refractivity contribution in [1.29, 1.82) is 0 Å². The number of ether oxygens (including phenoxy) is 1. The fraction of sp³-hybridized carbons (Fsp3) is 0.429. The van der Waals surface area contributed by atoms with Gasteiger partial charge in [-0.2, -0.15) is 4.98 Å². The van der Waals surface area contributed by atoms with Crippen molar-refractivity contribution in [2.24, 2.45) is 0 Å². The van der Waals surface area contributed by atoms with Crippen LogP contribution in [0.1, 0.15) is 18.4 Å². The van der Waals surface area contributed by atoms with E-state index in [0.717, 1.165) is 11.3 Å². The Hall–Kier alpha value is -1.92. The summed E-state index contributed by atoms with van der Waals surface area (Å²) in [4.78, 5) is 6.46. The maximum atomic E-state index is 9.67. The Balaban J connectivity index is 1.82. The van der Waals surface area contributed by atoms with Gasteiger partial charge in [-0.1, -0.05) is 5.16 Å². The van der Waals surface area contributed by atoms with E-state index in [9.17, 15) is 5.11 Å². The zero-order valence-electron chi connectivity index (χ0n) is 11.5. The molecule has 20 heavy (non-hydrogen) atoms. The summed E-state index contributed by atoms with van der Waals surface area (Å²) < 4.78 is 10.5. The average Bonchev–Trinajstić information content (AvgIpc) is 3.05. The van der Waals surface area contributed by atoms with Crippen LogP contribution in [0.3, 0.4) is 0 Å². The summed E-state index contributed by atoms with van der Waals surface area (Å²) in [5, 5.41) is 13.7. The van der Waals surface area contributed by atoms with E-state index in [1.165, 1.54) is 0 Å². The van der Waals surface area contributed by atoms with Crippen LogP contribution in [0, 0.1) is 0 Å². The van der Waals surface area contributed by atoms with E-state index in [1.807, 2.05) is 36.2 Å². The van der Waals surface area contributed by atoms with Crippen LogP contribution in [0.15, 0.2) is 28.8 Å². The number of aliphatic hydroxyl groups is 1. The molecule has 1 aromatic carbocycles. The lowest BCUT2D eigenvalue weighted by molar-refractivity contribution is 0.182. The van der Waals surface area contributed by atoms with Crippen molar-refractivity contribution < 1.29 is 14.4 Å². The Morgan fingerprint density at radius 2 is 2.10 bits per heavy atom. The molecule has 0 aliphatic carbocycles. The molecular formula is C14H17N3O3. The highest BCUT2D eigenvalue weighted by Crippen LogP contribution is 2.30. The standard InChI is InChI=1S/C14H17N3O3/c1-17-8-10(18)7-12(17)14-15-13(16-20-14)9-3-5-11(19-2)6-4-9/h3-6,10,12,18H,7-8H2,1-2H3/t10-,12+/m1/s1. The Kier molecular flexibility index (Phi) is 3.42. The Bertz CT molecular complexity index is 582. The first-order valence-corrected chi connectivity index (χ1v) is 6.53. The molecule has 2 aromatic rings. The van der Waals surface area contributed by atoms with Crippen LogP contribution in [-0.2, 0) is 0 Å². The van der Waals surface area contributed by atoms with Gasteiger partial charge < -0.3 is 14.4 Å². The first-order valence-electron chi connectivity index (χ1n) is 6.53. The zero-order chi connectivity index (χ0) is 14.1. The van der Waals surface area contributed by atoms with Crippen molar-refractivity contribution in [2.45, 2.75) is 18.6 Å². The minimum absolute atomic E-state index is 0.00972. The Labute approximate surface area is 117 Å². The van der Waals surface area contributed by atoms with Crippen LogP contribution >= 0.6 is 0 Å². The van der Waals surface area contributed by atoms with E-state index < -0.39 is 0 Å². The number of methoxy groups -OCH3 is 1. The molecule has 0 unspecified atom stereocenters. The number of aromatic nitrogens is 2. The maximum absolute atomic E-state index is 9.67. The predicted octanol–water partition coefficient (Wildman–Crippen LogP) is 1.48. The van der Waals surface area contributed by atoms with E-state index in [1.54, 1.807) is 7.11 Å². The van der Waals surface area contributed by atoms with E-state index in [2.05, 4.69) is 10.1 Å². The number of nitrogens with zero attached hydrogens (tertiary/aromatic N) is 3. The molecule has 0 bridgehead atoms. The van der Waals surface area contributed by atoms with E-state index in [4.69, 9.17) is 9.26 Å². The van der Waals surface area contributed by atoms with Gasteiger partial charge in [0.1, 0.15) is 5.75 Å². The quantitative estimate of drug-likeness (QED) is 0.915. The Morgan fingerprint density at radius 3 is 2.70 bits per heavy atom. The van der Waals surface area contributed by atoms with Crippen molar-refractivity contribution in [1.82, 2.24) is 15.0 Å². The van der Waals surface area contributed by atoms with Crippen LogP contribution in [-0.4, -0.2) is 47.0 Å². The molecule has 1 N–H and O–H groups in total. The highest BCUT2D eigenvalue weighted by Gasteiger charge is 2.33. The molecule has 0 spiro atoms. The first kappa shape index (κ1) is 13.1. The second kappa shape index (κ2) is 5.22. The Morgan fingerprint density at radius 1 is 1.35 bits per heavy atom. The smallest absolute Gasteiger partial charge is 0.244 e. The van der Waals surface area contributed by atoms with Gasteiger partial charge in [0, 0.05) is 12.1 Å². The number of benzene rings is 1. The molecule has 1 aliphatic rings. The third kappa shape index (κ3) is 2.39. The van der Waals surface area contributed by atoms with Gasteiger partial charge in [0.05, 0.1) is 19.3 Å². The van der Waals surface area contributed by atoms with Crippen LogP contribution in [0.4, 0.5) is 0 Å². The number of rotatable bonds is 3. The number of hydrogen-bond donors (Lipinski definition) is 1. The predicted molar refractivity (Wildman–Crippen MR) is 72.3 cm³/mol. The average molecular weight is 275 g/mol. The van der Waals surface area contributed by atoms with Crippen molar-refractivity contribution >= 4 is 0 Å². The molecule has 0 radical (unpaired) electrons. The fourth-order valence-electron chi connectivity index (χ4n) is 2.49. The van der Waals surface area contributed by atoms with Crippen LogP contribution in [0.5, 0.6) is 5.75 Å². The van der Waals surface area contributed by atoms with Crippen molar-refractivity contribution in [3.8, 4) is 17.1 Å². The number of likely N-dealkylation sites (tertiary alicyclic amines) is 1. The topological polar surface area (TPSA) is 71.6 Å². The molecule has 2 atom stereocenters. The highest BCUT2D eigenvalue weighted by atomic mass is 16.5. The second-order valence-corrected chi connectivity index (χ2v) is 5.03. The molecule has 6 nitrogen and oxygen atoms in total. The summed E-state index contributed by atoms with van der Waals surface area (Å²) in [6, 6.07) is 7.49. The minimum atomic E-state index is -0.332. The number of likely N-dealkylation sites (N-methyl/N-ethyl adjacent to an activating group) is 1. The van der Waals surface area contributed by atoms with E-state index in [0.29, 0.717) is 24.7 Å². The van der Waals surface area contributed by atoms with Gasteiger partial charge in [-0.25, -0.2) is 0 Å². The molecule has 6 heteroatoms. The van der Waals surface area contributed by atoms with Crippen LogP contribution < -0.4 is 4.74 Å². The monoisotopic (exact) mass is 275 g/mol. The lowest BCUT2D eigenvalue weighted by atomic mass is 10.2. The number of β-amino-alcohol motifs (C(OH)–C–C–N with tert-alkyl or cyclic N) is 1. The molecule has 3 rings (SSSR count). The summed E-state index contributed by atoms with van der Waals surface area (Å²) in [6.45, 7) is 0.630. The molecule has 0 saturated carbocycles. The number of aliphatic hydroxyl groups excluding tert-OH is 1. The van der Waals surface area contributed by atoms with Gasteiger partial charge in [0.15, 0.2) is 0 Å². The molecule has 1 aliphatic heterocycles. The third-order valence-corrected chi connectivity index (χ3v) is 3.60. The van der Waals surface area contributed by atoms with E-state index in [-0.39, 0.29) is 12.1 Å². The second-order valence-electron chi connectivity index (χ2n) is 5.03. The van der Waals surface area contributed by atoms with Crippen LogP contribution in [0.25, 0.3) is 11.4 Å². The van der Waals surface area contributed by atoms with Gasteiger partial charge in [-0.3, -0.25) is 4.90 Å². The van der Waals surface area contributed by atoms with Gasteiger partial charge in [0.2, 0.25) is 11.7 Å². The summed E-state index contributed by atoms with van der Waals surface area (Å²) >= 11 is 0. The van der Waals surface area contributed by atoms with Gasteiger partial charge in [-0.15, -0.1) is 0 Å². The molecule has 0 amide bonds. The van der Waals surface area contributed by atoms with Crippen LogP contribution in [0.2, 0.25) is 0 Å². The lowest BCUT2D eigenvalue weighted by Gasteiger charge is -2.13. The SMILES string of the molecule is COc1ccc(-c2noc([C@@H]3C[C@@H](O)CN3C)n2)cc1. The summed E-state index contributed by atoms with van der Waals surface area (Å²) in [6.07, 6.45) is 0.294. The zero-order valence-corrected chi connectivity index (χ0v) is 11.5. The summed E-state index contributed by atoms with van der Waals surface area (Å²) in [5.74, 6) is 1.89. The van der Waals surface area contributed by atoms with Gasteiger partial charge in [-0.05, 0) is 37.7 Å². The first-order chi connectivity index (χ1) is 9.67. The minimum Gasteiger partial charge on any atom is -0.497 e. The maximum Gasteiger partial charge on any atom is 0.244 e. The summed E-state index contributed by atoms with van der Waals surface area (Å²) in [7, 11) is 3.57. The fourth-order valence-corrected chi connectivity index (χ4v) is 2.49. The normalized spacial score (nSPS) is 23.1. The highest BCUT2D eigenvalue weighted by molar-refractivity contribution is 5.55. The third-order valence-electron chi connectivity index (χ3n) is 3.60. The van der Waals surface area contributed by atoms with Crippen molar-refractivity contribution in [2.75, 3.05) is 20.7 Å². The molecule has 2 heterocycles.